The molecule has 27 heavy (non-hydrogen) atoms. The Labute approximate surface area is 157 Å². The SMILES string of the molecule is O=C(Nc1ccc(F)c(F)c1)C1CCCN(S(=O)(=O)Cc2ccccc2)C1. The van der Waals surface area contributed by atoms with Gasteiger partial charge in [-0.05, 0) is 30.5 Å². The highest BCUT2D eigenvalue weighted by molar-refractivity contribution is 7.88. The minimum absolute atomic E-state index is 0.0741. The smallest absolute Gasteiger partial charge is 0.228 e. The summed E-state index contributed by atoms with van der Waals surface area (Å²) < 4.78 is 52.9. The van der Waals surface area contributed by atoms with E-state index in [0.717, 1.165) is 12.1 Å². The van der Waals surface area contributed by atoms with Gasteiger partial charge in [-0.3, -0.25) is 4.79 Å². The Morgan fingerprint density at radius 3 is 2.56 bits per heavy atom. The van der Waals surface area contributed by atoms with Gasteiger partial charge in [0.05, 0.1) is 11.7 Å². The fourth-order valence-electron chi connectivity index (χ4n) is 3.10. The predicted molar refractivity (Wildman–Crippen MR) is 98.4 cm³/mol. The van der Waals surface area contributed by atoms with Gasteiger partial charge in [-0.15, -0.1) is 0 Å². The lowest BCUT2D eigenvalue weighted by Crippen LogP contribution is -2.44. The van der Waals surface area contributed by atoms with E-state index in [1.165, 1.54) is 10.4 Å². The molecule has 1 fully saturated rings. The summed E-state index contributed by atoms with van der Waals surface area (Å²) in [6.07, 6.45) is 1.09. The standard InChI is InChI=1S/C19H20F2N2O3S/c20-17-9-8-16(11-18(17)21)22-19(24)15-7-4-10-23(12-15)27(25,26)13-14-5-2-1-3-6-14/h1-3,5-6,8-9,11,15H,4,7,10,12-13H2,(H,22,24). The van der Waals surface area contributed by atoms with E-state index in [1.807, 2.05) is 6.07 Å². The highest BCUT2D eigenvalue weighted by Crippen LogP contribution is 2.23. The van der Waals surface area contributed by atoms with Gasteiger partial charge in [0.1, 0.15) is 0 Å². The Morgan fingerprint density at radius 1 is 1.11 bits per heavy atom. The first-order chi connectivity index (χ1) is 12.8. The zero-order chi connectivity index (χ0) is 19.4. The number of amides is 1. The van der Waals surface area contributed by atoms with E-state index in [4.69, 9.17) is 0 Å². The second-order valence-corrected chi connectivity index (χ2v) is 8.53. The molecule has 2 aromatic rings. The van der Waals surface area contributed by atoms with E-state index in [2.05, 4.69) is 5.32 Å². The van der Waals surface area contributed by atoms with Crippen LogP contribution in [-0.4, -0.2) is 31.7 Å². The van der Waals surface area contributed by atoms with Gasteiger partial charge < -0.3 is 5.32 Å². The zero-order valence-corrected chi connectivity index (χ0v) is 15.4. The highest BCUT2D eigenvalue weighted by Gasteiger charge is 2.32. The molecule has 0 aromatic heterocycles. The average molecular weight is 394 g/mol. The van der Waals surface area contributed by atoms with E-state index in [-0.39, 0.29) is 18.0 Å². The topological polar surface area (TPSA) is 66.5 Å². The molecular weight excluding hydrogens is 374 g/mol. The molecule has 0 spiro atoms. The Hall–Kier alpha value is -2.32. The number of halogens is 2. The lowest BCUT2D eigenvalue weighted by Gasteiger charge is -2.31. The average Bonchev–Trinajstić information content (AvgIpc) is 2.65. The first kappa shape index (κ1) is 19.4. The van der Waals surface area contributed by atoms with E-state index in [9.17, 15) is 22.0 Å². The lowest BCUT2D eigenvalue weighted by molar-refractivity contribution is -0.120. The van der Waals surface area contributed by atoms with Crippen molar-refractivity contribution in [3.8, 4) is 0 Å². The third-order valence-electron chi connectivity index (χ3n) is 4.53. The van der Waals surface area contributed by atoms with Crippen molar-refractivity contribution in [1.82, 2.24) is 4.31 Å². The largest absolute Gasteiger partial charge is 0.326 e. The van der Waals surface area contributed by atoms with Crippen LogP contribution < -0.4 is 5.32 Å². The molecule has 2 aromatic carbocycles. The van der Waals surface area contributed by atoms with Crippen LogP contribution in [0.15, 0.2) is 48.5 Å². The van der Waals surface area contributed by atoms with E-state index in [1.54, 1.807) is 24.3 Å². The number of hydrogen-bond acceptors (Lipinski definition) is 3. The summed E-state index contributed by atoms with van der Waals surface area (Å²) in [4.78, 5) is 12.4. The van der Waals surface area contributed by atoms with Crippen molar-refractivity contribution in [1.29, 1.82) is 0 Å². The summed E-state index contributed by atoms with van der Waals surface area (Å²) >= 11 is 0. The zero-order valence-electron chi connectivity index (χ0n) is 14.6. The normalized spacial score (nSPS) is 18.2. The first-order valence-electron chi connectivity index (χ1n) is 8.63. The molecule has 1 N–H and O–H groups in total. The maximum absolute atomic E-state index is 13.3. The van der Waals surface area contributed by atoms with Crippen LogP contribution in [0, 0.1) is 17.6 Å². The fraction of sp³-hybridized carbons (Fsp3) is 0.316. The summed E-state index contributed by atoms with van der Waals surface area (Å²) in [5.41, 5.74) is 0.828. The second kappa shape index (κ2) is 8.14. The van der Waals surface area contributed by atoms with Gasteiger partial charge in [0.15, 0.2) is 11.6 Å². The molecule has 0 aliphatic carbocycles. The van der Waals surface area contributed by atoms with Crippen molar-refractivity contribution in [2.75, 3.05) is 18.4 Å². The maximum atomic E-state index is 13.3. The number of anilines is 1. The van der Waals surface area contributed by atoms with Crippen LogP contribution in [0.4, 0.5) is 14.5 Å². The van der Waals surface area contributed by atoms with Gasteiger partial charge in [0.2, 0.25) is 15.9 Å². The third kappa shape index (κ3) is 4.90. The minimum Gasteiger partial charge on any atom is -0.326 e. The van der Waals surface area contributed by atoms with Crippen molar-refractivity contribution in [2.24, 2.45) is 5.92 Å². The summed E-state index contributed by atoms with van der Waals surface area (Å²) in [6, 6.07) is 12.0. The lowest BCUT2D eigenvalue weighted by atomic mass is 9.98. The van der Waals surface area contributed by atoms with Gasteiger partial charge in [-0.25, -0.2) is 21.5 Å². The van der Waals surface area contributed by atoms with E-state index < -0.39 is 33.5 Å². The molecule has 1 aliphatic rings. The van der Waals surface area contributed by atoms with Gasteiger partial charge in [0.25, 0.3) is 0 Å². The van der Waals surface area contributed by atoms with Gasteiger partial charge in [-0.1, -0.05) is 30.3 Å². The Balaban J connectivity index is 1.66. The van der Waals surface area contributed by atoms with E-state index in [0.29, 0.717) is 24.9 Å². The van der Waals surface area contributed by atoms with Crippen LogP contribution in [0.2, 0.25) is 0 Å². The van der Waals surface area contributed by atoms with Crippen LogP contribution >= 0.6 is 0 Å². The molecule has 144 valence electrons. The molecule has 1 heterocycles. The molecule has 0 radical (unpaired) electrons. The predicted octanol–water partition coefficient (Wildman–Crippen LogP) is 3.15. The molecule has 1 saturated heterocycles. The van der Waals surface area contributed by atoms with E-state index >= 15 is 0 Å². The summed E-state index contributed by atoms with van der Waals surface area (Å²) in [6.45, 7) is 0.439. The van der Waals surface area contributed by atoms with Crippen molar-refractivity contribution in [3.63, 3.8) is 0 Å². The molecule has 1 atom stereocenters. The van der Waals surface area contributed by atoms with Gasteiger partial charge >= 0.3 is 0 Å². The summed E-state index contributed by atoms with van der Waals surface area (Å²) in [5, 5.41) is 2.53. The first-order valence-corrected chi connectivity index (χ1v) is 10.2. The van der Waals surface area contributed by atoms with Crippen molar-refractivity contribution >= 4 is 21.6 Å². The molecule has 5 nitrogen and oxygen atoms in total. The Bertz CT molecular complexity index is 920. The Morgan fingerprint density at radius 2 is 1.85 bits per heavy atom. The number of nitrogens with one attached hydrogen (secondary N) is 1. The van der Waals surface area contributed by atoms with Crippen LogP contribution in [0.1, 0.15) is 18.4 Å². The number of carbonyl (C=O) groups excluding carboxylic acids is 1. The monoisotopic (exact) mass is 394 g/mol. The van der Waals surface area contributed by atoms with Crippen LogP contribution in [0.3, 0.4) is 0 Å². The number of rotatable bonds is 5. The summed E-state index contributed by atoms with van der Waals surface area (Å²) in [7, 11) is -3.54. The number of nitrogens with zero attached hydrogens (tertiary/aromatic N) is 1. The second-order valence-electron chi connectivity index (χ2n) is 6.56. The summed E-state index contributed by atoms with van der Waals surface area (Å²) in [5.74, 6) is -3.11. The minimum atomic E-state index is -3.54. The molecule has 1 amide bonds. The van der Waals surface area contributed by atoms with Crippen LogP contribution in [-0.2, 0) is 20.6 Å². The third-order valence-corrected chi connectivity index (χ3v) is 6.34. The number of piperidine rings is 1. The van der Waals surface area contributed by atoms with Crippen molar-refractivity contribution < 1.29 is 22.0 Å². The molecule has 3 rings (SSSR count). The van der Waals surface area contributed by atoms with Crippen molar-refractivity contribution in [3.05, 3.63) is 65.7 Å². The van der Waals surface area contributed by atoms with Crippen LogP contribution in [0.25, 0.3) is 0 Å². The molecule has 1 unspecified atom stereocenters. The molecule has 0 bridgehead atoms. The molecule has 8 heteroatoms. The molecular formula is C19H20F2N2O3S. The highest BCUT2D eigenvalue weighted by atomic mass is 32.2. The van der Waals surface area contributed by atoms with Gasteiger partial charge in [0, 0.05) is 24.8 Å². The Kier molecular flexibility index (Phi) is 5.86. The number of hydrogen-bond donors (Lipinski definition) is 1. The van der Waals surface area contributed by atoms with Crippen LogP contribution in [0.5, 0.6) is 0 Å². The molecule has 1 aliphatic heterocycles. The number of carbonyl (C=O) groups is 1. The quantitative estimate of drug-likeness (QED) is 0.847. The van der Waals surface area contributed by atoms with Gasteiger partial charge in [-0.2, -0.15) is 0 Å². The number of benzene rings is 2. The fourth-order valence-corrected chi connectivity index (χ4v) is 4.71. The van der Waals surface area contributed by atoms with Crippen molar-refractivity contribution in [2.45, 2.75) is 18.6 Å². The molecule has 0 saturated carbocycles. The number of sulfonamides is 1. The maximum Gasteiger partial charge on any atom is 0.228 e.